The zero-order chi connectivity index (χ0) is 22.1. The number of nitrogens with zero attached hydrogens (tertiary/aromatic N) is 6. The van der Waals surface area contributed by atoms with Crippen LogP contribution in [0.15, 0.2) is 43.0 Å². The molecule has 3 atom stereocenters. The van der Waals surface area contributed by atoms with Crippen molar-refractivity contribution in [1.82, 2.24) is 30.0 Å². The van der Waals surface area contributed by atoms with Crippen LogP contribution in [0.1, 0.15) is 12.8 Å². The number of hydrogen-bond acceptors (Lipinski definition) is 7. The average Bonchev–Trinajstić information content (AvgIpc) is 3.48. The Morgan fingerprint density at radius 3 is 2.78 bits per heavy atom. The number of ether oxygens (including phenoxy) is 1. The number of aryl methyl sites for hydroxylation is 1. The Bertz CT molecular complexity index is 1110. The summed E-state index contributed by atoms with van der Waals surface area (Å²) in [6.45, 7) is 2.45. The van der Waals surface area contributed by atoms with Gasteiger partial charge in [0.25, 0.3) is 0 Å². The predicted molar refractivity (Wildman–Crippen MR) is 114 cm³/mol. The zero-order valence-corrected chi connectivity index (χ0v) is 17.7. The van der Waals surface area contributed by atoms with Gasteiger partial charge in [0, 0.05) is 38.4 Å². The van der Waals surface area contributed by atoms with Crippen LogP contribution in [0.2, 0.25) is 0 Å². The quantitative estimate of drug-likeness (QED) is 0.655. The Morgan fingerprint density at radius 2 is 2.06 bits per heavy atom. The number of carbonyl (C=O) groups excluding carboxylic acids is 1. The number of amides is 1. The molecule has 0 radical (unpaired) electrons. The first-order valence-corrected chi connectivity index (χ1v) is 10.7. The van der Waals surface area contributed by atoms with E-state index in [1.54, 1.807) is 13.2 Å². The third kappa shape index (κ3) is 4.25. The van der Waals surface area contributed by atoms with Crippen LogP contribution in [-0.2, 0) is 7.05 Å². The lowest BCUT2D eigenvalue weighted by Crippen LogP contribution is -2.32. The molecule has 4 heterocycles. The van der Waals surface area contributed by atoms with Gasteiger partial charge < -0.3 is 15.0 Å². The molecule has 1 amide bonds. The van der Waals surface area contributed by atoms with Crippen LogP contribution in [0, 0.1) is 23.6 Å². The molecule has 1 N–H and O–H groups in total. The molecule has 2 aliphatic rings. The lowest BCUT2D eigenvalue weighted by Gasteiger charge is -2.21. The molecule has 10 heteroatoms. The van der Waals surface area contributed by atoms with Gasteiger partial charge in [0.2, 0.25) is 0 Å². The van der Waals surface area contributed by atoms with Crippen LogP contribution in [0.3, 0.4) is 0 Å². The van der Waals surface area contributed by atoms with E-state index in [2.05, 4.69) is 25.3 Å². The van der Waals surface area contributed by atoms with Gasteiger partial charge in [-0.05, 0) is 48.8 Å². The van der Waals surface area contributed by atoms with Gasteiger partial charge in [-0.15, -0.1) is 0 Å². The summed E-state index contributed by atoms with van der Waals surface area (Å²) in [4.78, 5) is 26.9. The fourth-order valence-corrected chi connectivity index (χ4v) is 4.82. The molecule has 1 unspecified atom stereocenters. The molecule has 0 aromatic carbocycles. The molecular weight excluding hydrogens is 413 g/mol. The smallest absolute Gasteiger partial charge is 0.374 e. The van der Waals surface area contributed by atoms with E-state index >= 15 is 0 Å². The molecule has 0 spiro atoms. The summed E-state index contributed by atoms with van der Waals surface area (Å²) in [5.74, 6) is 2.10. The number of anilines is 1. The van der Waals surface area contributed by atoms with Crippen molar-refractivity contribution in [2.75, 3.05) is 24.5 Å². The standard InChI is InChI=1S/C22H24FN7O2/c1-29-21(26-13-27-29)32-22(31)25-8-14-5-16-11-30(12-17(16)6-14)20-4-2-3-19(28-20)15-7-18(23)10-24-9-15/h2-4,7,9-10,13-14,16-17H,5-6,8,11-12H2,1H3,(H,25,31)/t14?,16-,17+. The maximum absolute atomic E-state index is 13.5. The van der Waals surface area contributed by atoms with Gasteiger partial charge in [-0.3, -0.25) is 4.98 Å². The maximum atomic E-state index is 13.5. The van der Waals surface area contributed by atoms with E-state index in [-0.39, 0.29) is 11.8 Å². The lowest BCUT2D eigenvalue weighted by atomic mass is 10.0. The molecule has 32 heavy (non-hydrogen) atoms. The fourth-order valence-electron chi connectivity index (χ4n) is 4.82. The molecule has 3 aromatic rings. The Morgan fingerprint density at radius 1 is 1.25 bits per heavy atom. The van der Waals surface area contributed by atoms with E-state index in [1.165, 1.54) is 23.3 Å². The van der Waals surface area contributed by atoms with Gasteiger partial charge in [-0.1, -0.05) is 6.07 Å². The SMILES string of the molecule is Cn1ncnc1OC(=O)NCC1C[C@@H]2CN(c3cccc(-c4cncc(F)c4)n3)C[C@@H]2C1. The van der Waals surface area contributed by atoms with E-state index in [0.717, 1.165) is 37.4 Å². The zero-order valence-electron chi connectivity index (χ0n) is 17.7. The van der Waals surface area contributed by atoms with E-state index in [0.29, 0.717) is 29.9 Å². The lowest BCUT2D eigenvalue weighted by molar-refractivity contribution is 0.192. The molecule has 1 aliphatic heterocycles. The summed E-state index contributed by atoms with van der Waals surface area (Å²) in [7, 11) is 1.67. The Labute approximate surface area is 184 Å². The van der Waals surface area contributed by atoms with Crippen molar-refractivity contribution in [2.45, 2.75) is 12.8 Å². The summed E-state index contributed by atoms with van der Waals surface area (Å²) in [5.41, 5.74) is 1.39. The Hall–Kier alpha value is -3.56. The summed E-state index contributed by atoms with van der Waals surface area (Å²) < 4.78 is 20.1. The third-order valence-corrected chi connectivity index (χ3v) is 6.30. The third-order valence-electron chi connectivity index (χ3n) is 6.30. The molecule has 1 saturated heterocycles. The number of halogens is 1. The summed E-state index contributed by atoms with van der Waals surface area (Å²) in [5, 5.41) is 6.72. The van der Waals surface area contributed by atoms with E-state index < -0.39 is 6.09 Å². The van der Waals surface area contributed by atoms with Gasteiger partial charge >= 0.3 is 12.1 Å². The topological polar surface area (TPSA) is 98.1 Å². The number of aromatic nitrogens is 5. The van der Waals surface area contributed by atoms with Crippen molar-refractivity contribution < 1.29 is 13.9 Å². The van der Waals surface area contributed by atoms with Gasteiger partial charge in [0.1, 0.15) is 18.0 Å². The van der Waals surface area contributed by atoms with Crippen molar-refractivity contribution in [1.29, 1.82) is 0 Å². The Balaban J connectivity index is 1.15. The maximum Gasteiger partial charge on any atom is 0.415 e. The predicted octanol–water partition coefficient (Wildman–Crippen LogP) is 2.66. The first kappa shape index (κ1) is 20.3. The van der Waals surface area contributed by atoms with E-state index in [1.807, 2.05) is 18.2 Å². The normalized spacial score (nSPS) is 22.1. The Kier molecular flexibility index (Phi) is 5.42. The second kappa shape index (κ2) is 8.52. The van der Waals surface area contributed by atoms with E-state index in [9.17, 15) is 9.18 Å². The van der Waals surface area contributed by atoms with Gasteiger partial charge in [0.05, 0.1) is 11.9 Å². The molecule has 5 rings (SSSR count). The molecule has 9 nitrogen and oxygen atoms in total. The van der Waals surface area contributed by atoms with Gasteiger partial charge in [0.15, 0.2) is 0 Å². The molecule has 0 bridgehead atoms. The highest BCUT2D eigenvalue weighted by Crippen LogP contribution is 2.42. The molecular formula is C22H24FN7O2. The molecule has 3 aromatic heterocycles. The average molecular weight is 437 g/mol. The minimum atomic E-state index is -0.507. The number of rotatable bonds is 5. The highest BCUT2D eigenvalue weighted by molar-refractivity contribution is 5.69. The number of fused-ring (bicyclic) bond motifs is 1. The first-order valence-electron chi connectivity index (χ1n) is 10.7. The largest absolute Gasteiger partial charge is 0.415 e. The van der Waals surface area contributed by atoms with Crippen molar-refractivity contribution in [3.8, 4) is 17.3 Å². The van der Waals surface area contributed by atoms with Crippen molar-refractivity contribution in [3.05, 3.63) is 48.8 Å². The first-order chi connectivity index (χ1) is 15.5. The van der Waals surface area contributed by atoms with Crippen molar-refractivity contribution >= 4 is 11.9 Å². The van der Waals surface area contributed by atoms with Crippen molar-refractivity contribution in [2.24, 2.45) is 24.8 Å². The number of nitrogens with one attached hydrogen (secondary N) is 1. The molecule has 2 fully saturated rings. The fraction of sp³-hybridized carbons (Fsp3) is 0.409. The minimum Gasteiger partial charge on any atom is -0.374 e. The highest BCUT2D eigenvalue weighted by atomic mass is 19.1. The number of pyridine rings is 2. The van der Waals surface area contributed by atoms with Crippen LogP contribution in [0.5, 0.6) is 6.01 Å². The monoisotopic (exact) mass is 437 g/mol. The molecule has 166 valence electrons. The summed E-state index contributed by atoms with van der Waals surface area (Å²) in [6.07, 6.45) is 5.76. The summed E-state index contributed by atoms with van der Waals surface area (Å²) in [6, 6.07) is 7.44. The van der Waals surface area contributed by atoms with Crippen LogP contribution in [0.25, 0.3) is 11.3 Å². The highest BCUT2D eigenvalue weighted by Gasteiger charge is 2.41. The minimum absolute atomic E-state index is 0.171. The van der Waals surface area contributed by atoms with E-state index in [4.69, 9.17) is 9.72 Å². The van der Waals surface area contributed by atoms with Gasteiger partial charge in [-0.2, -0.15) is 10.1 Å². The molecule has 1 aliphatic carbocycles. The van der Waals surface area contributed by atoms with Gasteiger partial charge in [-0.25, -0.2) is 18.9 Å². The van der Waals surface area contributed by atoms with Crippen LogP contribution in [-0.4, -0.2) is 50.5 Å². The van der Waals surface area contributed by atoms with Crippen LogP contribution < -0.4 is 15.0 Å². The number of carbonyl (C=O) groups is 1. The second-order valence-corrected chi connectivity index (χ2v) is 8.47. The van der Waals surface area contributed by atoms with Crippen molar-refractivity contribution in [3.63, 3.8) is 0 Å². The molecule has 1 saturated carbocycles. The number of hydrogen-bond donors (Lipinski definition) is 1. The van der Waals surface area contributed by atoms with Crippen LogP contribution in [0.4, 0.5) is 15.0 Å². The second-order valence-electron chi connectivity index (χ2n) is 8.47. The van der Waals surface area contributed by atoms with Crippen LogP contribution >= 0.6 is 0 Å². The summed E-state index contributed by atoms with van der Waals surface area (Å²) >= 11 is 0.